The third-order valence-electron chi connectivity index (χ3n) is 3.85. The molecule has 2 atom stereocenters. The molecule has 0 heterocycles. The second kappa shape index (κ2) is 4.28. The Morgan fingerprint density at radius 1 is 1.50 bits per heavy atom. The summed E-state index contributed by atoms with van der Waals surface area (Å²) in [6.07, 6.45) is 2.96. The highest BCUT2D eigenvalue weighted by atomic mass is 16.4. The Morgan fingerprint density at radius 3 is 2.94 bits per heavy atom. The van der Waals surface area contributed by atoms with Gasteiger partial charge in [0, 0.05) is 0 Å². The number of carbonyl (C=O) groups is 1. The highest BCUT2D eigenvalue weighted by Gasteiger charge is 2.27. The molecule has 0 saturated heterocycles. The Bertz CT molecular complexity index is 409. The summed E-state index contributed by atoms with van der Waals surface area (Å²) in [7, 11) is 0. The predicted octanol–water partition coefficient (Wildman–Crippen LogP) is 2.82. The van der Waals surface area contributed by atoms with Crippen molar-refractivity contribution in [3.8, 4) is 0 Å². The number of aliphatic carboxylic acids is 1. The molecule has 0 fully saturated rings. The first-order valence-corrected chi connectivity index (χ1v) is 5.89. The van der Waals surface area contributed by atoms with E-state index in [4.69, 9.17) is 5.11 Å². The Balaban J connectivity index is 2.21. The van der Waals surface area contributed by atoms with Crippen LogP contribution in [0.2, 0.25) is 0 Å². The van der Waals surface area contributed by atoms with Crippen LogP contribution in [-0.4, -0.2) is 11.1 Å². The molecule has 2 heteroatoms. The fourth-order valence-electron chi connectivity index (χ4n) is 2.65. The van der Waals surface area contributed by atoms with Gasteiger partial charge in [0.05, 0.1) is 5.92 Å². The van der Waals surface area contributed by atoms with Gasteiger partial charge >= 0.3 is 5.97 Å². The summed E-state index contributed by atoms with van der Waals surface area (Å²) >= 11 is 0. The monoisotopic (exact) mass is 218 g/mol. The van der Waals surface area contributed by atoms with Crippen molar-refractivity contribution in [2.75, 3.05) is 0 Å². The zero-order valence-corrected chi connectivity index (χ0v) is 9.86. The normalized spacial score (nSPS) is 21.2. The summed E-state index contributed by atoms with van der Waals surface area (Å²) in [5.41, 5.74) is 4.14. The van der Waals surface area contributed by atoms with E-state index in [0.717, 1.165) is 19.3 Å². The van der Waals surface area contributed by atoms with Crippen LogP contribution in [0.3, 0.4) is 0 Å². The Hall–Kier alpha value is -1.31. The van der Waals surface area contributed by atoms with Gasteiger partial charge in [0.2, 0.25) is 0 Å². The van der Waals surface area contributed by atoms with Crippen LogP contribution in [-0.2, 0) is 17.6 Å². The second-order valence-corrected chi connectivity index (χ2v) is 4.84. The zero-order chi connectivity index (χ0) is 11.7. The van der Waals surface area contributed by atoms with E-state index >= 15 is 0 Å². The predicted molar refractivity (Wildman–Crippen MR) is 63.5 cm³/mol. The molecule has 16 heavy (non-hydrogen) atoms. The first-order chi connectivity index (χ1) is 7.59. The van der Waals surface area contributed by atoms with E-state index in [1.54, 1.807) is 0 Å². The minimum Gasteiger partial charge on any atom is -0.481 e. The van der Waals surface area contributed by atoms with E-state index in [1.165, 1.54) is 16.7 Å². The smallest absolute Gasteiger partial charge is 0.306 e. The van der Waals surface area contributed by atoms with Crippen LogP contribution in [0, 0.1) is 18.8 Å². The highest BCUT2D eigenvalue weighted by molar-refractivity contribution is 5.70. The number of carboxylic acids is 1. The van der Waals surface area contributed by atoms with Crippen molar-refractivity contribution in [1.82, 2.24) is 0 Å². The number of fused-ring (bicyclic) bond motifs is 1. The third-order valence-corrected chi connectivity index (χ3v) is 3.85. The van der Waals surface area contributed by atoms with Crippen molar-refractivity contribution in [3.63, 3.8) is 0 Å². The van der Waals surface area contributed by atoms with E-state index in [9.17, 15) is 4.79 Å². The van der Waals surface area contributed by atoms with Crippen LogP contribution in [0.15, 0.2) is 18.2 Å². The largest absolute Gasteiger partial charge is 0.481 e. The van der Waals surface area contributed by atoms with Gasteiger partial charge in [0.25, 0.3) is 0 Å². The van der Waals surface area contributed by atoms with Crippen molar-refractivity contribution in [2.24, 2.45) is 11.8 Å². The number of carboxylic acid groups (broad SMARTS) is 1. The molecular weight excluding hydrogens is 200 g/mol. The number of benzene rings is 1. The minimum atomic E-state index is -0.666. The lowest BCUT2D eigenvalue weighted by molar-refractivity contribution is -0.143. The molecule has 2 nitrogen and oxygen atoms in total. The van der Waals surface area contributed by atoms with Crippen LogP contribution in [0.1, 0.15) is 30.0 Å². The van der Waals surface area contributed by atoms with Gasteiger partial charge in [-0.05, 0) is 48.8 Å². The van der Waals surface area contributed by atoms with Crippen molar-refractivity contribution in [1.29, 1.82) is 0 Å². The molecule has 2 rings (SSSR count). The maximum Gasteiger partial charge on any atom is 0.306 e. The fourth-order valence-corrected chi connectivity index (χ4v) is 2.65. The molecule has 0 bridgehead atoms. The van der Waals surface area contributed by atoms with Crippen LogP contribution in [0.4, 0.5) is 0 Å². The maximum atomic E-state index is 11.0. The van der Waals surface area contributed by atoms with Crippen molar-refractivity contribution < 1.29 is 9.90 Å². The van der Waals surface area contributed by atoms with Crippen LogP contribution < -0.4 is 0 Å². The summed E-state index contributed by atoms with van der Waals surface area (Å²) in [5.74, 6) is -0.596. The lowest BCUT2D eigenvalue weighted by Gasteiger charge is -2.28. The van der Waals surface area contributed by atoms with Gasteiger partial charge in [0.15, 0.2) is 0 Å². The van der Waals surface area contributed by atoms with Crippen molar-refractivity contribution in [3.05, 3.63) is 34.9 Å². The molecule has 1 aliphatic rings. The van der Waals surface area contributed by atoms with Gasteiger partial charge in [-0.3, -0.25) is 4.79 Å². The van der Waals surface area contributed by atoms with Gasteiger partial charge in [-0.2, -0.15) is 0 Å². The van der Waals surface area contributed by atoms with Crippen molar-refractivity contribution >= 4 is 5.97 Å². The molecule has 86 valence electrons. The molecule has 0 aliphatic heterocycles. The summed E-state index contributed by atoms with van der Waals surface area (Å²) in [5, 5.41) is 9.04. The molecule has 0 radical (unpaired) electrons. The lowest BCUT2D eigenvalue weighted by Crippen LogP contribution is -2.26. The SMILES string of the molecule is Cc1cccc2c1CCC(C(C)C(=O)O)C2. The van der Waals surface area contributed by atoms with Crippen molar-refractivity contribution in [2.45, 2.75) is 33.1 Å². The Morgan fingerprint density at radius 2 is 2.25 bits per heavy atom. The maximum absolute atomic E-state index is 11.0. The molecule has 0 amide bonds. The molecule has 0 aromatic heterocycles. The van der Waals surface area contributed by atoms with E-state index in [-0.39, 0.29) is 5.92 Å². The van der Waals surface area contributed by atoms with Gasteiger partial charge in [-0.25, -0.2) is 0 Å². The Labute approximate surface area is 96.3 Å². The summed E-state index contributed by atoms with van der Waals surface area (Å²) in [6, 6.07) is 6.35. The average molecular weight is 218 g/mol. The molecule has 0 spiro atoms. The van der Waals surface area contributed by atoms with Gasteiger partial charge in [-0.1, -0.05) is 25.1 Å². The Kier molecular flexibility index (Phi) is 2.99. The van der Waals surface area contributed by atoms with Gasteiger partial charge in [0.1, 0.15) is 0 Å². The van der Waals surface area contributed by atoms with E-state index in [0.29, 0.717) is 5.92 Å². The highest BCUT2D eigenvalue weighted by Crippen LogP contribution is 2.31. The average Bonchev–Trinajstić information content (AvgIpc) is 2.28. The summed E-state index contributed by atoms with van der Waals surface area (Å²) in [4.78, 5) is 11.0. The minimum absolute atomic E-state index is 0.228. The summed E-state index contributed by atoms with van der Waals surface area (Å²) in [6.45, 7) is 3.97. The van der Waals surface area contributed by atoms with Crippen LogP contribution in [0.5, 0.6) is 0 Å². The molecule has 2 unspecified atom stereocenters. The fraction of sp³-hybridized carbons (Fsp3) is 0.500. The van der Waals surface area contributed by atoms with E-state index < -0.39 is 5.97 Å². The quantitative estimate of drug-likeness (QED) is 0.828. The van der Waals surface area contributed by atoms with Gasteiger partial charge in [-0.15, -0.1) is 0 Å². The molecule has 1 aromatic carbocycles. The molecule has 0 saturated carbocycles. The van der Waals surface area contributed by atoms with Crippen LogP contribution >= 0.6 is 0 Å². The number of rotatable bonds is 2. The number of hydrogen-bond acceptors (Lipinski definition) is 1. The molecular formula is C14H18O2. The van der Waals surface area contributed by atoms with Gasteiger partial charge < -0.3 is 5.11 Å². The number of hydrogen-bond donors (Lipinski definition) is 1. The van der Waals surface area contributed by atoms with Crippen LogP contribution in [0.25, 0.3) is 0 Å². The zero-order valence-electron chi connectivity index (χ0n) is 9.86. The molecule has 1 aromatic rings. The topological polar surface area (TPSA) is 37.3 Å². The molecule has 1 N–H and O–H groups in total. The third kappa shape index (κ3) is 1.97. The standard InChI is InChI=1S/C14H18O2/c1-9-4-3-5-12-8-11(6-7-13(9)12)10(2)14(15)16/h3-5,10-11H,6-8H2,1-2H3,(H,15,16). The number of aryl methyl sites for hydroxylation is 1. The first kappa shape index (κ1) is 11.2. The second-order valence-electron chi connectivity index (χ2n) is 4.84. The van der Waals surface area contributed by atoms with E-state index in [2.05, 4.69) is 25.1 Å². The van der Waals surface area contributed by atoms with E-state index in [1.807, 2.05) is 6.92 Å². The molecule has 1 aliphatic carbocycles. The lowest BCUT2D eigenvalue weighted by atomic mass is 9.76. The first-order valence-electron chi connectivity index (χ1n) is 5.89. The summed E-state index contributed by atoms with van der Waals surface area (Å²) < 4.78 is 0.